The monoisotopic (exact) mass is 404 g/mol. The van der Waals surface area contributed by atoms with E-state index in [0.717, 1.165) is 16.5 Å². The van der Waals surface area contributed by atoms with Crippen LogP contribution in [-0.4, -0.2) is 47.5 Å². The first-order valence-corrected chi connectivity index (χ1v) is 9.54. The van der Waals surface area contributed by atoms with Crippen LogP contribution in [0.2, 0.25) is 0 Å². The predicted molar refractivity (Wildman–Crippen MR) is 109 cm³/mol. The van der Waals surface area contributed by atoms with E-state index in [2.05, 4.69) is 4.98 Å². The Balaban J connectivity index is 1.47. The number of hydrogen-bond donors (Lipinski definition) is 0. The summed E-state index contributed by atoms with van der Waals surface area (Å²) in [5, 5.41) is 0.901. The molecule has 3 aromatic rings. The minimum absolute atomic E-state index is 0.120. The zero-order valence-corrected chi connectivity index (χ0v) is 16.4. The highest BCUT2D eigenvalue weighted by atomic mass is 16.5. The van der Waals surface area contributed by atoms with Crippen LogP contribution in [0.25, 0.3) is 10.9 Å². The number of ether oxygens (including phenoxy) is 2. The average Bonchev–Trinajstić information content (AvgIpc) is 2.80. The summed E-state index contributed by atoms with van der Waals surface area (Å²) in [5.74, 6) is -1.66. The normalized spacial score (nSPS) is 15.4. The number of amides is 1. The molecular weight excluding hydrogens is 384 g/mol. The molecule has 152 valence electrons. The lowest BCUT2D eigenvalue weighted by molar-refractivity contribution is -0.155. The molecule has 0 fully saturated rings. The number of aromatic nitrogens is 1. The highest BCUT2D eigenvalue weighted by Crippen LogP contribution is 2.24. The lowest BCUT2D eigenvalue weighted by Gasteiger charge is -2.35. The van der Waals surface area contributed by atoms with Crippen molar-refractivity contribution in [1.82, 2.24) is 9.88 Å². The number of pyridine rings is 1. The van der Waals surface area contributed by atoms with E-state index >= 15 is 0 Å². The summed E-state index contributed by atoms with van der Waals surface area (Å²) in [6.45, 7) is -0.233. The maximum Gasteiger partial charge on any atom is 0.357 e. The molecule has 4 rings (SSSR count). The molecular formula is C23H20N2O5. The van der Waals surface area contributed by atoms with Crippen molar-refractivity contribution in [3.05, 3.63) is 77.5 Å². The lowest BCUT2D eigenvalue weighted by Crippen LogP contribution is -2.50. The van der Waals surface area contributed by atoms with Gasteiger partial charge in [-0.15, -0.1) is 0 Å². The smallest absolute Gasteiger partial charge is 0.357 e. The second kappa shape index (κ2) is 8.32. The molecule has 1 amide bonds. The third-order valence-corrected chi connectivity index (χ3v) is 5.18. The van der Waals surface area contributed by atoms with Crippen LogP contribution in [0.4, 0.5) is 0 Å². The van der Waals surface area contributed by atoms with Gasteiger partial charge in [0.2, 0.25) is 0 Å². The molecule has 1 aromatic heterocycles. The number of fused-ring (bicyclic) bond motifs is 2. The summed E-state index contributed by atoms with van der Waals surface area (Å²) >= 11 is 0. The Hall–Kier alpha value is -3.74. The Morgan fingerprint density at radius 2 is 1.73 bits per heavy atom. The molecule has 7 heteroatoms. The predicted octanol–water partition coefficient (Wildman–Crippen LogP) is 2.52. The molecule has 0 spiro atoms. The Bertz CT molecular complexity index is 1130. The van der Waals surface area contributed by atoms with Crippen molar-refractivity contribution in [3.8, 4) is 0 Å². The van der Waals surface area contributed by atoms with Crippen molar-refractivity contribution in [2.75, 3.05) is 13.7 Å². The summed E-state index contributed by atoms with van der Waals surface area (Å²) in [5.41, 5.74) is 2.73. The highest BCUT2D eigenvalue weighted by molar-refractivity contribution is 5.93. The maximum absolute atomic E-state index is 12.8. The van der Waals surface area contributed by atoms with Gasteiger partial charge in [0.1, 0.15) is 11.7 Å². The summed E-state index contributed by atoms with van der Waals surface area (Å²) in [4.78, 5) is 43.1. The fourth-order valence-electron chi connectivity index (χ4n) is 3.60. The largest absolute Gasteiger partial charge is 0.467 e. The number of methoxy groups -OCH3 is 1. The first-order valence-electron chi connectivity index (χ1n) is 9.54. The number of esters is 2. The SMILES string of the molecule is COC(=O)[C@@H]1Cc2ccccc2CN1C(=O)COC(=O)c1ccc2ccccc2n1. The zero-order valence-electron chi connectivity index (χ0n) is 16.4. The Morgan fingerprint density at radius 3 is 2.53 bits per heavy atom. The van der Waals surface area contributed by atoms with Crippen LogP contribution in [0.1, 0.15) is 21.6 Å². The van der Waals surface area contributed by atoms with Gasteiger partial charge >= 0.3 is 11.9 Å². The van der Waals surface area contributed by atoms with Crippen molar-refractivity contribution in [1.29, 1.82) is 0 Å². The lowest BCUT2D eigenvalue weighted by atomic mass is 9.94. The first kappa shape index (κ1) is 19.6. The van der Waals surface area contributed by atoms with Gasteiger partial charge in [-0.05, 0) is 23.3 Å². The van der Waals surface area contributed by atoms with Crippen LogP contribution in [0.3, 0.4) is 0 Å². The second-order valence-electron chi connectivity index (χ2n) is 7.00. The molecule has 1 aliphatic rings. The van der Waals surface area contributed by atoms with Gasteiger partial charge in [0.05, 0.1) is 12.6 Å². The molecule has 0 N–H and O–H groups in total. The minimum atomic E-state index is -0.755. The summed E-state index contributed by atoms with van der Waals surface area (Å²) in [7, 11) is 1.29. The molecule has 2 heterocycles. The van der Waals surface area contributed by atoms with Gasteiger partial charge in [-0.2, -0.15) is 0 Å². The number of hydrogen-bond acceptors (Lipinski definition) is 6. The van der Waals surface area contributed by atoms with Gasteiger partial charge in [0, 0.05) is 18.4 Å². The molecule has 0 saturated carbocycles. The molecule has 30 heavy (non-hydrogen) atoms. The van der Waals surface area contributed by atoms with Gasteiger partial charge in [-0.3, -0.25) is 4.79 Å². The quantitative estimate of drug-likeness (QED) is 0.621. The van der Waals surface area contributed by atoms with E-state index in [0.29, 0.717) is 11.9 Å². The van der Waals surface area contributed by atoms with Crippen LogP contribution in [-0.2, 0) is 32.0 Å². The highest BCUT2D eigenvalue weighted by Gasteiger charge is 2.35. The van der Waals surface area contributed by atoms with E-state index in [1.165, 1.54) is 12.0 Å². The van der Waals surface area contributed by atoms with Crippen molar-refractivity contribution >= 4 is 28.7 Å². The van der Waals surface area contributed by atoms with Gasteiger partial charge < -0.3 is 14.4 Å². The zero-order chi connectivity index (χ0) is 21.1. The van der Waals surface area contributed by atoms with Crippen LogP contribution in [0.15, 0.2) is 60.7 Å². The van der Waals surface area contributed by atoms with E-state index in [9.17, 15) is 14.4 Å². The molecule has 1 aliphatic heterocycles. The third-order valence-electron chi connectivity index (χ3n) is 5.18. The molecule has 7 nitrogen and oxygen atoms in total. The number of nitrogens with zero attached hydrogens (tertiary/aromatic N) is 2. The van der Waals surface area contributed by atoms with E-state index in [4.69, 9.17) is 9.47 Å². The molecule has 0 saturated heterocycles. The van der Waals surface area contributed by atoms with Crippen LogP contribution in [0, 0.1) is 0 Å². The molecule has 1 atom stereocenters. The topological polar surface area (TPSA) is 85.8 Å². The van der Waals surface area contributed by atoms with Gasteiger partial charge in [-0.1, -0.05) is 48.5 Å². The first-order chi connectivity index (χ1) is 14.6. The maximum atomic E-state index is 12.8. The molecule has 0 radical (unpaired) electrons. The Kier molecular flexibility index (Phi) is 5.43. The van der Waals surface area contributed by atoms with Crippen LogP contribution in [0.5, 0.6) is 0 Å². The Morgan fingerprint density at radius 1 is 1.00 bits per heavy atom. The molecule has 0 bridgehead atoms. The number of benzene rings is 2. The van der Waals surface area contributed by atoms with Gasteiger partial charge in [0.15, 0.2) is 6.61 Å². The third kappa shape index (κ3) is 3.87. The molecule has 0 unspecified atom stereocenters. The number of rotatable bonds is 4. The number of para-hydroxylation sites is 1. The van der Waals surface area contributed by atoms with E-state index in [1.807, 2.05) is 42.5 Å². The van der Waals surface area contributed by atoms with E-state index < -0.39 is 30.5 Å². The van der Waals surface area contributed by atoms with Gasteiger partial charge in [-0.25, -0.2) is 14.6 Å². The average molecular weight is 404 g/mol. The van der Waals surface area contributed by atoms with E-state index in [1.54, 1.807) is 18.2 Å². The minimum Gasteiger partial charge on any atom is -0.467 e. The summed E-state index contributed by atoms with van der Waals surface area (Å²) in [6, 6.07) is 17.6. The summed E-state index contributed by atoms with van der Waals surface area (Å²) < 4.78 is 10.1. The van der Waals surface area contributed by atoms with Crippen molar-refractivity contribution < 1.29 is 23.9 Å². The molecule has 0 aliphatic carbocycles. The summed E-state index contributed by atoms with van der Waals surface area (Å²) in [6.07, 6.45) is 0.356. The van der Waals surface area contributed by atoms with Crippen LogP contribution < -0.4 is 0 Å². The second-order valence-corrected chi connectivity index (χ2v) is 7.00. The number of carbonyl (C=O) groups excluding carboxylic acids is 3. The van der Waals surface area contributed by atoms with Crippen molar-refractivity contribution in [3.63, 3.8) is 0 Å². The molecule has 2 aromatic carbocycles. The standard InChI is InChI=1S/C23H20N2O5/c1-29-23(28)20-12-16-7-2-3-8-17(16)13-25(20)21(26)14-30-22(27)19-11-10-15-6-4-5-9-18(15)24-19/h2-11,20H,12-14H2,1H3/t20-/m0/s1. The van der Waals surface area contributed by atoms with E-state index in [-0.39, 0.29) is 12.2 Å². The van der Waals surface area contributed by atoms with Crippen molar-refractivity contribution in [2.24, 2.45) is 0 Å². The van der Waals surface area contributed by atoms with Crippen molar-refractivity contribution in [2.45, 2.75) is 19.0 Å². The Labute approximate surface area is 173 Å². The van der Waals surface area contributed by atoms with Gasteiger partial charge in [0.25, 0.3) is 5.91 Å². The fourth-order valence-corrected chi connectivity index (χ4v) is 3.60. The van der Waals surface area contributed by atoms with Crippen LogP contribution >= 0.6 is 0 Å². The number of carbonyl (C=O) groups is 3. The fraction of sp³-hybridized carbons (Fsp3) is 0.217.